The Labute approximate surface area is 131 Å². The molecule has 2 unspecified atom stereocenters. The van der Waals surface area contributed by atoms with E-state index < -0.39 is 6.10 Å². The first-order valence-electron chi connectivity index (χ1n) is 8.14. The van der Waals surface area contributed by atoms with E-state index in [9.17, 15) is 5.11 Å². The molecule has 3 nitrogen and oxygen atoms in total. The van der Waals surface area contributed by atoms with Crippen LogP contribution in [0.1, 0.15) is 24.0 Å². The van der Waals surface area contributed by atoms with Crippen LogP contribution < -0.4 is 10.6 Å². The van der Waals surface area contributed by atoms with Crippen LogP contribution in [0.5, 0.6) is 0 Å². The lowest BCUT2D eigenvalue weighted by atomic mass is 10.0. The summed E-state index contributed by atoms with van der Waals surface area (Å²) in [5.41, 5.74) is 11.2. The van der Waals surface area contributed by atoms with Gasteiger partial charge in [0.1, 0.15) is 0 Å². The topological polar surface area (TPSA) is 49.5 Å². The van der Waals surface area contributed by atoms with Crippen molar-refractivity contribution in [3.8, 4) is 0 Å². The van der Waals surface area contributed by atoms with E-state index in [4.69, 9.17) is 5.73 Å². The summed E-state index contributed by atoms with van der Waals surface area (Å²) in [4.78, 5) is 2.34. The largest absolute Gasteiger partial charge is 0.389 e. The molecular weight excluding hydrogens is 272 g/mol. The van der Waals surface area contributed by atoms with E-state index in [1.165, 1.54) is 22.5 Å². The first-order chi connectivity index (χ1) is 10.8. The maximum atomic E-state index is 10.6. The van der Waals surface area contributed by atoms with Crippen molar-refractivity contribution in [3.63, 3.8) is 0 Å². The highest BCUT2D eigenvalue weighted by atomic mass is 16.3. The second-order valence-electron chi connectivity index (χ2n) is 6.43. The Morgan fingerprint density at radius 2 is 1.41 bits per heavy atom. The van der Waals surface area contributed by atoms with E-state index >= 15 is 0 Å². The number of nitrogens with two attached hydrogens (primary N) is 1. The van der Waals surface area contributed by atoms with Crippen molar-refractivity contribution in [2.45, 2.75) is 43.9 Å². The van der Waals surface area contributed by atoms with E-state index in [-0.39, 0.29) is 12.1 Å². The van der Waals surface area contributed by atoms with Crippen LogP contribution in [0.4, 0.5) is 11.4 Å². The number of hydrogen-bond donors (Lipinski definition) is 2. The number of hydrogen-bond acceptors (Lipinski definition) is 3. The van der Waals surface area contributed by atoms with Crippen LogP contribution in [-0.4, -0.2) is 23.3 Å². The lowest BCUT2D eigenvalue weighted by molar-refractivity contribution is 0.148. The van der Waals surface area contributed by atoms with E-state index in [0.29, 0.717) is 0 Å². The molecule has 3 N–H and O–H groups in total. The quantitative estimate of drug-likeness (QED) is 0.850. The number of benzene rings is 2. The van der Waals surface area contributed by atoms with Crippen molar-refractivity contribution < 1.29 is 5.11 Å². The molecule has 2 aliphatic rings. The molecule has 2 aromatic carbocycles. The van der Waals surface area contributed by atoms with Gasteiger partial charge in [0.2, 0.25) is 0 Å². The highest BCUT2D eigenvalue weighted by Gasteiger charge is 2.38. The summed E-state index contributed by atoms with van der Waals surface area (Å²) in [6, 6.07) is 17.1. The van der Waals surface area contributed by atoms with Crippen LogP contribution in [-0.2, 0) is 12.8 Å². The third-order valence-electron chi connectivity index (χ3n) is 5.13. The Morgan fingerprint density at radius 3 is 1.91 bits per heavy atom. The van der Waals surface area contributed by atoms with E-state index in [1.54, 1.807) is 0 Å². The summed E-state index contributed by atoms with van der Waals surface area (Å²) in [7, 11) is 0. The molecule has 3 heteroatoms. The number of nitrogens with zero attached hydrogens (tertiary/aromatic N) is 1. The van der Waals surface area contributed by atoms with Gasteiger partial charge in [-0.2, -0.15) is 0 Å². The van der Waals surface area contributed by atoms with E-state index in [2.05, 4.69) is 53.4 Å². The molecule has 0 aromatic heterocycles. The maximum Gasteiger partial charge on any atom is 0.0897 e. The fourth-order valence-corrected chi connectivity index (χ4v) is 3.94. The molecule has 0 saturated heterocycles. The van der Waals surface area contributed by atoms with E-state index in [1.807, 2.05) is 0 Å². The van der Waals surface area contributed by atoms with Crippen molar-refractivity contribution in [1.29, 1.82) is 0 Å². The Hall–Kier alpha value is -1.84. The van der Waals surface area contributed by atoms with Gasteiger partial charge in [-0.1, -0.05) is 36.4 Å². The van der Waals surface area contributed by atoms with Gasteiger partial charge in [0.25, 0.3) is 0 Å². The Kier molecular flexibility index (Phi) is 3.40. The molecule has 0 spiro atoms. The highest BCUT2D eigenvalue weighted by molar-refractivity contribution is 5.72. The zero-order valence-electron chi connectivity index (χ0n) is 12.7. The molecule has 4 rings (SSSR count). The van der Waals surface area contributed by atoms with Crippen molar-refractivity contribution in [2.24, 2.45) is 5.73 Å². The third-order valence-corrected chi connectivity index (χ3v) is 5.13. The average molecular weight is 294 g/mol. The van der Waals surface area contributed by atoms with Gasteiger partial charge in [-0.15, -0.1) is 0 Å². The summed E-state index contributed by atoms with van der Waals surface area (Å²) < 4.78 is 0. The van der Waals surface area contributed by atoms with Crippen molar-refractivity contribution in [3.05, 3.63) is 59.7 Å². The highest BCUT2D eigenvalue weighted by Crippen LogP contribution is 2.41. The zero-order chi connectivity index (χ0) is 15.1. The van der Waals surface area contributed by atoms with Gasteiger partial charge in [0.05, 0.1) is 12.1 Å². The molecule has 0 radical (unpaired) electrons. The number of aliphatic hydroxyl groups is 1. The smallest absolute Gasteiger partial charge is 0.0897 e. The summed E-state index contributed by atoms with van der Waals surface area (Å²) in [5.74, 6) is 0. The van der Waals surface area contributed by atoms with Crippen LogP contribution in [0.15, 0.2) is 48.5 Å². The number of fused-ring (bicyclic) bond motifs is 2. The van der Waals surface area contributed by atoms with Crippen LogP contribution in [0.2, 0.25) is 0 Å². The minimum Gasteiger partial charge on any atom is -0.389 e. The standard InChI is InChI=1S/C19H22N2O/c20-15-11-12-18(19(15)22)21-16-7-3-1-5-13(16)9-10-14-6-2-4-8-17(14)21/h1-8,15,18-19,22H,9-12,20H2/t15?,18?,19-/m1/s1. The lowest BCUT2D eigenvalue weighted by Crippen LogP contribution is -2.43. The van der Waals surface area contributed by atoms with Gasteiger partial charge in [0, 0.05) is 17.4 Å². The van der Waals surface area contributed by atoms with Crippen LogP contribution in [0.25, 0.3) is 0 Å². The maximum absolute atomic E-state index is 10.6. The molecule has 22 heavy (non-hydrogen) atoms. The third kappa shape index (κ3) is 2.13. The average Bonchev–Trinajstić information content (AvgIpc) is 2.80. The van der Waals surface area contributed by atoms with Crippen molar-refractivity contribution in [1.82, 2.24) is 0 Å². The zero-order valence-corrected chi connectivity index (χ0v) is 12.7. The molecule has 1 fully saturated rings. The monoisotopic (exact) mass is 294 g/mol. The van der Waals surface area contributed by atoms with Gasteiger partial charge in [-0.3, -0.25) is 0 Å². The number of rotatable bonds is 1. The first-order valence-corrected chi connectivity index (χ1v) is 8.14. The summed E-state index contributed by atoms with van der Waals surface area (Å²) in [6.45, 7) is 0. The summed E-state index contributed by atoms with van der Waals surface area (Å²) in [6.07, 6.45) is 3.42. The second kappa shape index (κ2) is 5.41. The van der Waals surface area contributed by atoms with Crippen molar-refractivity contribution >= 4 is 11.4 Å². The van der Waals surface area contributed by atoms with Gasteiger partial charge >= 0.3 is 0 Å². The van der Waals surface area contributed by atoms with Crippen LogP contribution >= 0.6 is 0 Å². The van der Waals surface area contributed by atoms with E-state index in [0.717, 1.165) is 25.7 Å². The number of aliphatic hydroxyl groups excluding tert-OH is 1. The molecule has 1 aliphatic heterocycles. The predicted octanol–water partition coefficient (Wildman–Crippen LogP) is 2.77. The molecule has 0 amide bonds. The predicted molar refractivity (Wildman–Crippen MR) is 89.4 cm³/mol. The van der Waals surface area contributed by atoms with Gasteiger partial charge < -0.3 is 15.7 Å². The SMILES string of the molecule is NC1CCC(N2c3ccccc3CCc3ccccc32)[C@@H]1O. The lowest BCUT2D eigenvalue weighted by Gasteiger charge is -2.35. The van der Waals surface area contributed by atoms with Crippen LogP contribution in [0, 0.1) is 0 Å². The Balaban J connectivity index is 1.88. The molecule has 3 atom stereocenters. The minimum atomic E-state index is -0.473. The molecule has 1 saturated carbocycles. The normalized spacial score (nSPS) is 27.2. The molecule has 1 aliphatic carbocycles. The van der Waals surface area contributed by atoms with Gasteiger partial charge in [-0.25, -0.2) is 0 Å². The molecular formula is C19H22N2O. The van der Waals surface area contributed by atoms with Gasteiger partial charge in [0.15, 0.2) is 0 Å². The summed E-state index contributed by atoms with van der Waals surface area (Å²) >= 11 is 0. The molecule has 0 bridgehead atoms. The minimum absolute atomic E-state index is 0.0652. The molecule has 2 aromatic rings. The summed E-state index contributed by atoms with van der Waals surface area (Å²) in [5, 5.41) is 10.6. The Morgan fingerprint density at radius 1 is 0.864 bits per heavy atom. The molecule has 1 heterocycles. The first kappa shape index (κ1) is 13.8. The number of para-hydroxylation sites is 2. The second-order valence-corrected chi connectivity index (χ2v) is 6.43. The van der Waals surface area contributed by atoms with Gasteiger partial charge in [-0.05, 0) is 48.9 Å². The van der Waals surface area contributed by atoms with Crippen LogP contribution in [0.3, 0.4) is 0 Å². The number of anilines is 2. The fourth-order valence-electron chi connectivity index (χ4n) is 3.94. The molecule has 114 valence electrons. The number of aryl methyl sites for hydroxylation is 2. The van der Waals surface area contributed by atoms with Crippen molar-refractivity contribution in [2.75, 3.05) is 4.90 Å². The Bertz CT molecular complexity index is 637. The fraction of sp³-hybridized carbons (Fsp3) is 0.368.